The molecule has 0 bridgehead atoms. The molecular formula is C15H12N2O2. The van der Waals surface area contributed by atoms with Crippen LogP contribution in [-0.4, -0.2) is 12.0 Å². The Labute approximate surface area is 110 Å². The van der Waals surface area contributed by atoms with E-state index in [1.165, 1.54) is 6.08 Å². The average molecular weight is 252 g/mol. The molecule has 0 radical (unpaired) electrons. The predicted molar refractivity (Wildman–Crippen MR) is 73.4 cm³/mol. The van der Waals surface area contributed by atoms with Gasteiger partial charge in [-0.15, -0.1) is 0 Å². The highest BCUT2D eigenvalue weighted by Gasteiger charge is 2.05. The largest absolute Gasteiger partial charge is 0.322 e. The van der Waals surface area contributed by atoms with Gasteiger partial charge in [0, 0.05) is 11.3 Å². The van der Waals surface area contributed by atoms with E-state index in [4.69, 9.17) is 0 Å². The maximum Gasteiger partial charge on any atom is 0.255 e. The summed E-state index contributed by atoms with van der Waals surface area (Å²) in [7, 11) is 0. The summed E-state index contributed by atoms with van der Waals surface area (Å²) in [5.74, 6) is -0.171. The van der Waals surface area contributed by atoms with Crippen LogP contribution in [0.5, 0.6) is 0 Å². The van der Waals surface area contributed by atoms with E-state index in [2.05, 4.69) is 10.3 Å². The molecule has 0 aliphatic rings. The number of aliphatic imine (C=N–C) groups is 1. The minimum atomic E-state index is -0.171. The van der Waals surface area contributed by atoms with Gasteiger partial charge in [-0.25, -0.2) is 4.79 Å². The summed E-state index contributed by atoms with van der Waals surface area (Å²) in [4.78, 5) is 25.6. The fourth-order valence-corrected chi connectivity index (χ4v) is 1.66. The first-order valence-corrected chi connectivity index (χ1v) is 5.75. The molecule has 1 N–H and O–H groups in total. The van der Waals surface area contributed by atoms with Gasteiger partial charge in [0.1, 0.15) is 0 Å². The molecule has 1 amide bonds. The van der Waals surface area contributed by atoms with Gasteiger partial charge in [-0.3, -0.25) is 4.79 Å². The predicted octanol–water partition coefficient (Wildman–Crippen LogP) is 3.21. The number of anilines is 1. The Morgan fingerprint density at radius 3 is 2.53 bits per heavy atom. The Kier molecular flexibility index (Phi) is 3.86. The molecule has 0 aromatic heterocycles. The summed E-state index contributed by atoms with van der Waals surface area (Å²) in [6, 6.07) is 14.0. The SMILES string of the molecule is Cc1cccc(C(=O)Nc2ccc(N=C=O)cc2)c1. The maximum atomic E-state index is 12.0. The first-order valence-electron chi connectivity index (χ1n) is 5.75. The zero-order chi connectivity index (χ0) is 13.7. The van der Waals surface area contributed by atoms with Crippen LogP contribution >= 0.6 is 0 Å². The summed E-state index contributed by atoms with van der Waals surface area (Å²) in [6.45, 7) is 1.93. The standard InChI is InChI=1S/C15H12N2O2/c1-11-3-2-4-12(9-11)15(19)17-14-7-5-13(6-8-14)16-10-18/h2-9H,1H3,(H,17,19). The van der Waals surface area contributed by atoms with Gasteiger partial charge in [0.05, 0.1) is 5.69 Å². The molecule has 0 unspecified atom stereocenters. The van der Waals surface area contributed by atoms with Crippen LogP contribution in [0.4, 0.5) is 11.4 Å². The summed E-state index contributed by atoms with van der Waals surface area (Å²) >= 11 is 0. The first-order chi connectivity index (χ1) is 9.19. The van der Waals surface area contributed by atoms with Crippen molar-refractivity contribution in [1.82, 2.24) is 0 Å². The molecule has 0 heterocycles. The molecule has 19 heavy (non-hydrogen) atoms. The van der Waals surface area contributed by atoms with Gasteiger partial charge in [-0.1, -0.05) is 17.7 Å². The second-order valence-corrected chi connectivity index (χ2v) is 4.07. The Morgan fingerprint density at radius 2 is 1.89 bits per heavy atom. The molecule has 0 spiro atoms. The second kappa shape index (κ2) is 5.76. The molecule has 0 fully saturated rings. The summed E-state index contributed by atoms with van der Waals surface area (Å²) in [6.07, 6.45) is 1.46. The van der Waals surface area contributed by atoms with Crippen molar-refractivity contribution in [3.8, 4) is 0 Å². The number of carbonyl (C=O) groups is 1. The van der Waals surface area contributed by atoms with Crippen molar-refractivity contribution in [3.63, 3.8) is 0 Å². The summed E-state index contributed by atoms with van der Waals surface area (Å²) < 4.78 is 0. The minimum Gasteiger partial charge on any atom is -0.322 e. The highest BCUT2D eigenvalue weighted by molar-refractivity contribution is 6.04. The van der Waals surface area contributed by atoms with Crippen LogP contribution in [0.15, 0.2) is 53.5 Å². The van der Waals surface area contributed by atoms with Gasteiger partial charge in [-0.05, 0) is 43.3 Å². The Morgan fingerprint density at radius 1 is 1.16 bits per heavy atom. The maximum absolute atomic E-state index is 12.0. The van der Waals surface area contributed by atoms with Gasteiger partial charge in [0.25, 0.3) is 5.91 Å². The molecular weight excluding hydrogens is 240 g/mol. The van der Waals surface area contributed by atoms with Crippen LogP contribution in [0.2, 0.25) is 0 Å². The van der Waals surface area contributed by atoms with Crippen LogP contribution in [-0.2, 0) is 4.79 Å². The van der Waals surface area contributed by atoms with E-state index < -0.39 is 0 Å². The van der Waals surface area contributed by atoms with Crippen molar-refractivity contribution >= 4 is 23.4 Å². The smallest absolute Gasteiger partial charge is 0.255 e. The van der Waals surface area contributed by atoms with Crippen molar-refractivity contribution in [2.24, 2.45) is 4.99 Å². The lowest BCUT2D eigenvalue weighted by Crippen LogP contribution is -2.11. The summed E-state index contributed by atoms with van der Waals surface area (Å²) in [5.41, 5.74) is 2.79. The number of amides is 1. The normalized spacial score (nSPS) is 9.53. The van der Waals surface area contributed by atoms with Crippen LogP contribution in [0, 0.1) is 6.92 Å². The molecule has 0 aliphatic carbocycles. The van der Waals surface area contributed by atoms with E-state index in [0.29, 0.717) is 16.9 Å². The van der Waals surface area contributed by atoms with Crippen molar-refractivity contribution in [3.05, 3.63) is 59.7 Å². The molecule has 2 aromatic rings. The third-order valence-corrected chi connectivity index (χ3v) is 2.58. The highest BCUT2D eigenvalue weighted by atomic mass is 16.1. The van der Waals surface area contributed by atoms with E-state index >= 15 is 0 Å². The van der Waals surface area contributed by atoms with E-state index in [-0.39, 0.29) is 5.91 Å². The van der Waals surface area contributed by atoms with E-state index in [1.54, 1.807) is 30.3 Å². The molecule has 4 heteroatoms. The molecule has 0 aliphatic heterocycles. The molecule has 0 saturated carbocycles. The van der Waals surface area contributed by atoms with Gasteiger partial charge in [0.2, 0.25) is 6.08 Å². The number of carbonyl (C=O) groups excluding carboxylic acids is 2. The van der Waals surface area contributed by atoms with Gasteiger partial charge in [-0.2, -0.15) is 4.99 Å². The molecule has 2 rings (SSSR count). The monoisotopic (exact) mass is 252 g/mol. The zero-order valence-electron chi connectivity index (χ0n) is 10.4. The topological polar surface area (TPSA) is 58.5 Å². The van der Waals surface area contributed by atoms with Crippen LogP contribution in [0.3, 0.4) is 0 Å². The van der Waals surface area contributed by atoms with Crippen LogP contribution in [0.1, 0.15) is 15.9 Å². The lowest BCUT2D eigenvalue weighted by Gasteiger charge is -2.05. The van der Waals surface area contributed by atoms with Crippen molar-refractivity contribution in [2.45, 2.75) is 6.92 Å². The number of hydrogen-bond acceptors (Lipinski definition) is 3. The van der Waals surface area contributed by atoms with Gasteiger partial charge in [0.15, 0.2) is 0 Å². The average Bonchev–Trinajstić information content (AvgIpc) is 2.41. The number of aryl methyl sites for hydroxylation is 1. The van der Waals surface area contributed by atoms with Gasteiger partial charge < -0.3 is 5.32 Å². The number of hydrogen-bond donors (Lipinski definition) is 1. The number of isocyanates is 1. The number of nitrogens with zero attached hydrogens (tertiary/aromatic N) is 1. The van der Waals surface area contributed by atoms with Crippen LogP contribution in [0.25, 0.3) is 0 Å². The molecule has 0 atom stereocenters. The molecule has 2 aromatic carbocycles. The van der Waals surface area contributed by atoms with Crippen LogP contribution < -0.4 is 5.32 Å². The van der Waals surface area contributed by atoms with Gasteiger partial charge >= 0.3 is 0 Å². The molecule has 4 nitrogen and oxygen atoms in total. The minimum absolute atomic E-state index is 0.171. The third kappa shape index (κ3) is 3.37. The Balaban J connectivity index is 2.12. The molecule has 0 saturated heterocycles. The fraction of sp³-hybridized carbons (Fsp3) is 0.0667. The number of rotatable bonds is 3. The number of benzene rings is 2. The highest BCUT2D eigenvalue weighted by Crippen LogP contribution is 2.16. The Hall–Kier alpha value is -2.71. The number of nitrogens with one attached hydrogen (secondary N) is 1. The lowest BCUT2D eigenvalue weighted by molar-refractivity contribution is 0.102. The molecule has 94 valence electrons. The quantitative estimate of drug-likeness (QED) is 0.673. The zero-order valence-corrected chi connectivity index (χ0v) is 10.4. The van der Waals surface area contributed by atoms with Crippen molar-refractivity contribution in [2.75, 3.05) is 5.32 Å². The van der Waals surface area contributed by atoms with E-state index in [9.17, 15) is 9.59 Å². The first kappa shape index (κ1) is 12.7. The van der Waals surface area contributed by atoms with Crippen molar-refractivity contribution < 1.29 is 9.59 Å². The van der Waals surface area contributed by atoms with E-state index in [0.717, 1.165) is 5.56 Å². The third-order valence-electron chi connectivity index (χ3n) is 2.58. The Bertz CT molecular complexity index is 641. The fourth-order valence-electron chi connectivity index (χ4n) is 1.66. The van der Waals surface area contributed by atoms with Crippen molar-refractivity contribution in [1.29, 1.82) is 0 Å². The van der Waals surface area contributed by atoms with E-state index in [1.807, 2.05) is 25.1 Å². The lowest BCUT2D eigenvalue weighted by atomic mass is 10.1. The second-order valence-electron chi connectivity index (χ2n) is 4.07. The summed E-state index contributed by atoms with van der Waals surface area (Å²) in [5, 5.41) is 2.78.